The zero-order valence-electron chi connectivity index (χ0n) is 19.6. The lowest BCUT2D eigenvalue weighted by atomic mass is 10.0. The van der Waals surface area contributed by atoms with Crippen molar-refractivity contribution >= 4 is 17.5 Å². The fourth-order valence-corrected chi connectivity index (χ4v) is 4.35. The third kappa shape index (κ3) is 4.35. The van der Waals surface area contributed by atoms with Crippen molar-refractivity contribution in [2.24, 2.45) is 0 Å². The summed E-state index contributed by atoms with van der Waals surface area (Å²) in [5, 5.41) is 7.44. The highest BCUT2D eigenvalue weighted by Crippen LogP contribution is 2.35. The van der Waals surface area contributed by atoms with Crippen LogP contribution in [0, 0.1) is 27.7 Å². The van der Waals surface area contributed by atoms with Gasteiger partial charge in [-0.2, -0.15) is 0 Å². The minimum absolute atomic E-state index is 0.0367. The maximum Gasteiger partial charge on any atom is 0.259 e. The predicted molar refractivity (Wildman–Crippen MR) is 122 cm³/mol. The number of amides is 1. The molecule has 0 aliphatic carbocycles. The smallest absolute Gasteiger partial charge is 0.259 e. The van der Waals surface area contributed by atoms with Gasteiger partial charge in [0.25, 0.3) is 5.91 Å². The van der Waals surface area contributed by atoms with Gasteiger partial charge in [0.2, 0.25) is 5.95 Å². The van der Waals surface area contributed by atoms with E-state index in [-0.39, 0.29) is 17.9 Å². The van der Waals surface area contributed by atoms with Crippen molar-refractivity contribution in [2.75, 3.05) is 11.9 Å². The van der Waals surface area contributed by atoms with E-state index in [0.29, 0.717) is 29.5 Å². The van der Waals surface area contributed by atoms with Gasteiger partial charge in [-0.15, -0.1) is 0 Å². The molecule has 8 nitrogen and oxygen atoms in total. The maximum absolute atomic E-state index is 13.5. The van der Waals surface area contributed by atoms with Crippen molar-refractivity contribution in [3.8, 4) is 0 Å². The van der Waals surface area contributed by atoms with Crippen LogP contribution >= 0.6 is 0 Å². The first-order valence-corrected chi connectivity index (χ1v) is 11.1. The van der Waals surface area contributed by atoms with Gasteiger partial charge in [-0.25, -0.2) is 9.97 Å². The van der Waals surface area contributed by atoms with E-state index in [2.05, 4.69) is 20.4 Å². The Morgan fingerprint density at radius 2 is 1.75 bits per heavy atom. The second kappa shape index (κ2) is 8.68. The van der Waals surface area contributed by atoms with Crippen molar-refractivity contribution in [2.45, 2.75) is 66.3 Å². The number of carbonyl (C=O) groups is 1. The number of aromatic nitrogens is 4. The Morgan fingerprint density at radius 1 is 1.06 bits per heavy atom. The number of anilines is 2. The number of carbonyl (C=O) groups excluding carboxylic acids is 1. The number of hydrogen-bond acceptors (Lipinski definition) is 7. The molecule has 8 heteroatoms. The largest absolute Gasteiger partial charge is 0.361 e. The monoisotopic (exact) mass is 434 g/mol. The third-order valence-corrected chi connectivity index (χ3v) is 5.72. The van der Waals surface area contributed by atoms with Gasteiger partial charge in [0.1, 0.15) is 11.3 Å². The molecule has 1 atom stereocenters. The lowest BCUT2D eigenvalue weighted by Crippen LogP contribution is -2.32. The van der Waals surface area contributed by atoms with E-state index in [9.17, 15) is 4.79 Å². The lowest BCUT2D eigenvalue weighted by Gasteiger charge is -2.25. The molecule has 1 saturated heterocycles. The van der Waals surface area contributed by atoms with E-state index in [4.69, 9.17) is 9.51 Å². The zero-order valence-corrected chi connectivity index (χ0v) is 19.6. The summed E-state index contributed by atoms with van der Waals surface area (Å²) in [6.07, 6.45) is 1.79. The number of pyridine rings is 1. The highest BCUT2D eigenvalue weighted by atomic mass is 16.5. The molecule has 0 spiro atoms. The van der Waals surface area contributed by atoms with Crippen LogP contribution in [-0.4, -0.2) is 37.5 Å². The molecular weight excluding hydrogens is 404 g/mol. The van der Waals surface area contributed by atoms with Gasteiger partial charge in [0.15, 0.2) is 0 Å². The Hall–Kier alpha value is -3.29. The molecule has 0 aromatic carbocycles. The normalized spacial score (nSPS) is 16.1. The molecule has 168 valence electrons. The van der Waals surface area contributed by atoms with Crippen LogP contribution in [0.3, 0.4) is 0 Å². The van der Waals surface area contributed by atoms with Crippen LogP contribution < -0.4 is 5.32 Å². The number of aryl methyl sites for hydroxylation is 4. The Morgan fingerprint density at radius 3 is 2.44 bits per heavy atom. The third-order valence-electron chi connectivity index (χ3n) is 5.72. The second-order valence-electron chi connectivity index (χ2n) is 8.83. The molecule has 4 heterocycles. The van der Waals surface area contributed by atoms with Gasteiger partial charge in [-0.3, -0.25) is 9.78 Å². The molecule has 0 saturated carbocycles. The highest BCUT2D eigenvalue weighted by molar-refractivity contribution is 5.96. The van der Waals surface area contributed by atoms with Crippen molar-refractivity contribution in [1.29, 1.82) is 0 Å². The maximum atomic E-state index is 13.5. The fourth-order valence-electron chi connectivity index (χ4n) is 4.35. The summed E-state index contributed by atoms with van der Waals surface area (Å²) in [5.74, 6) is 1.19. The molecule has 0 radical (unpaired) electrons. The van der Waals surface area contributed by atoms with E-state index in [1.807, 2.05) is 57.7 Å². The fraction of sp³-hybridized carbons (Fsp3) is 0.458. The molecule has 0 bridgehead atoms. The molecule has 3 aromatic heterocycles. The molecular formula is C24H30N6O2. The average Bonchev–Trinajstić information content (AvgIpc) is 3.33. The lowest BCUT2D eigenvalue weighted by molar-refractivity contribution is 0.0729. The topological polar surface area (TPSA) is 97.0 Å². The first-order chi connectivity index (χ1) is 15.2. The van der Waals surface area contributed by atoms with E-state index < -0.39 is 0 Å². The number of nitrogens with zero attached hydrogens (tertiary/aromatic N) is 5. The zero-order chi connectivity index (χ0) is 23.0. The molecule has 1 fully saturated rings. The summed E-state index contributed by atoms with van der Waals surface area (Å²) in [5.41, 5.74) is 5.71. The van der Waals surface area contributed by atoms with E-state index in [1.165, 1.54) is 0 Å². The number of rotatable bonds is 5. The standard InChI is InChI=1S/C24H30N6O2/c1-13(2)22-21(17(6)32-29-22)23(31)30-9-7-8-20(30)19-12-18(11-16(5)25-19)28-24-26-14(3)10-15(4)27-24/h10-13,20H,7-9H2,1-6H3,(H,25,26,27,28). The molecule has 4 rings (SSSR count). The van der Waals surface area contributed by atoms with Crippen molar-refractivity contribution < 1.29 is 9.32 Å². The summed E-state index contributed by atoms with van der Waals surface area (Å²) in [7, 11) is 0. The molecule has 1 unspecified atom stereocenters. The minimum Gasteiger partial charge on any atom is -0.361 e. The summed E-state index contributed by atoms with van der Waals surface area (Å²) in [6, 6.07) is 5.80. The van der Waals surface area contributed by atoms with E-state index in [1.54, 1.807) is 6.92 Å². The van der Waals surface area contributed by atoms with Crippen molar-refractivity contribution in [3.63, 3.8) is 0 Å². The number of hydrogen-bond donors (Lipinski definition) is 1. The second-order valence-corrected chi connectivity index (χ2v) is 8.83. The molecule has 1 N–H and O–H groups in total. The first kappa shape index (κ1) is 21.9. The average molecular weight is 435 g/mol. The van der Waals surface area contributed by atoms with Gasteiger partial charge < -0.3 is 14.7 Å². The molecule has 32 heavy (non-hydrogen) atoms. The summed E-state index contributed by atoms with van der Waals surface area (Å²) >= 11 is 0. The predicted octanol–water partition coefficient (Wildman–Crippen LogP) is 4.94. The number of nitrogens with one attached hydrogen (secondary N) is 1. The van der Waals surface area contributed by atoms with Gasteiger partial charge in [-0.1, -0.05) is 19.0 Å². The van der Waals surface area contributed by atoms with Crippen LogP contribution in [0.15, 0.2) is 22.7 Å². The van der Waals surface area contributed by atoms with E-state index in [0.717, 1.165) is 41.3 Å². The minimum atomic E-state index is -0.0996. The van der Waals surface area contributed by atoms with Gasteiger partial charge in [0.05, 0.1) is 17.4 Å². The van der Waals surface area contributed by atoms with Crippen molar-refractivity contribution in [1.82, 2.24) is 25.0 Å². The van der Waals surface area contributed by atoms with Gasteiger partial charge >= 0.3 is 0 Å². The Kier molecular flexibility index (Phi) is 5.95. The Labute approximate surface area is 188 Å². The summed E-state index contributed by atoms with van der Waals surface area (Å²) < 4.78 is 5.37. The molecule has 3 aromatic rings. The van der Waals surface area contributed by atoms with Crippen LogP contribution in [0.1, 0.15) is 83.2 Å². The molecule has 1 amide bonds. The van der Waals surface area contributed by atoms with Gasteiger partial charge in [-0.05, 0) is 64.7 Å². The van der Waals surface area contributed by atoms with Crippen LogP contribution in [0.2, 0.25) is 0 Å². The van der Waals surface area contributed by atoms with Gasteiger partial charge in [0, 0.05) is 29.3 Å². The number of likely N-dealkylation sites (tertiary alicyclic amines) is 1. The van der Waals surface area contributed by atoms with Crippen LogP contribution in [0.5, 0.6) is 0 Å². The first-order valence-electron chi connectivity index (χ1n) is 11.1. The Balaban J connectivity index is 1.64. The quantitative estimate of drug-likeness (QED) is 0.607. The summed E-state index contributed by atoms with van der Waals surface area (Å²) in [6.45, 7) is 12.4. The van der Waals surface area contributed by atoms with Crippen LogP contribution in [-0.2, 0) is 0 Å². The summed E-state index contributed by atoms with van der Waals surface area (Å²) in [4.78, 5) is 29.2. The SMILES string of the molecule is Cc1cc(Nc2nc(C)cc(C)n2)cc(C2CCCN2C(=O)c2c(C(C)C)noc2C)n1. The van der Waals surface area contributed by atoms with Crippen molar-refractivity contribution in [3.05, 3.63) is 58.0 Å². The highest BCUT2D eigenvalue weighted by Gasteiger charge is 2.35. The van der Waals surface area contributed by atoms with Crippen LogP contribution in [0.4, 0.5) is 11.6 Å². The molecule has 1 aliphatic heterocycles. The van der Waals surface area contributed by atoms with Crippen LogP contribution in [0.25, 0.3) is 0 Å². The molecule has 1 aliphatic rings. The Bertz CT molecular complexity index is 1130. The van der Waals surface area contributed by atoms with E-state index >= 15 is 0 Å².